The predicted molar refractivity (Wildman–Crippen MR) is 262 cm³/mol. The monoisotopic (exact) mass is 839 g/mol. The summed E-state index contributed by atoms with van der Waals surface area (Å²) in [5, 5.41) is 1.67. The SMILES string of the molecule is [2H]c1c([2H])c([2H])c(-c2cnc(-n3c4ccccc4c4ccc(Oc5cccc(-n6[c-][n+](-c7c(-c8cccc(C(C)(C)C)c8)cccc7-c7c([2H])c([2H])c([2H])c([2H])c7[2H])c7ccccc76)c5)cc43)cc2C([2H])([2H])[2H])c([2H])c1[2H]. The van der Waals surface area contributed by atoms with Gasteiger partial charge in [0.15, 0.2) is 0 Å². The molecule has 8 aromatic carbocycles. The third-order valence-corrected chi connectivity index (χ3v) is 11.5. The first-order valence-electron chi connectivity index (χ1n) is 27.3. The second-order valence-corrected chi connectivity index (χ2v) is 16.5. The van der Waals surface area contributed by atoms with Gasteiger partial charge in [0.2, 0.25) is 0 Å². The van der Waals surface area contributed by atoms with E-state index in [4.69, 9.17) is 27.5 Å². The van der Waals surface area contributed by atoms with E-state index in [1.807, 2.05) is 129 Å². The topological polar surface area (TPSA) is 35.9 Å². The zero-order chi connectivity index (χ0) is 54.6. The molecule has 0 unspecified atom stereocenters. The second-order valence-electron chi connectivity index (χ2n) is 16.5. The summed E-state index contributed by atoms with van der Waals surface area (Å²) >= 11 is 0. The molecule has 0 spiro atoms. The van der Waals surface area contributed by atoms with Crippen LogP contribution in [0.3, 0.4) is 0 Å². The molecule has 0 saturated carbocycles. The van der Waals surface area contributed by atoms with Crippen LogP contribution in [0.15, 0.2) is 206 Å². The van der Waals surface area contributed by atoms with Crippen molar-refractivity contribution in [3.05, 3.63) is 224 Å². The number of nitrogens with zero attached hydrogens (tertiary/aromatic N) is 4. The minimum atomic E-state index is -2.77. The molecule has 64 heavy (non-hydrogen) atoms. The highest BCUT2D eigenvalue weighted by Crippen LogP contribution is 2.38. The van der Waals surface area contributed by atoms with Crippen LogP contribution in [0.2, 0.25) is 0 Å². The Hall–Kier alpha value is -8.02. The molecular formula is C59H46N4O. The first-order chi connectivity index (χ1) is 36.6. The summed E-state index contributed by atoms with van der Waals surface area (Å²) in [4.78, 5) is 4.71. The molecule has 0 atom stereocenters. The Labute approximate surface area is 392 Å². The van der Waals surface area contributed by atoms with Gasteiger partial charge in [0.25, 0.3) is 6.33 Å². The van der Waals surface area contributed by atoms with E-state index in [0.29, 0.717) is 39.5 Å². The Morgan fingerprint density at radius 1 is 0.594 bits per heavy atom. The highest BCUT2D eigenvalue weighted by Gasteiger charge is 2.22. The minimum absolute atomic E-state index is 0.0582. The van der Waals surface area contributed by atoms with Gasteiger partial charge in [0, 0.05) is 32.7 Å². The van der Waals surface area contributed by atoms with Gasteiger partial charge in [-0.15, -0.1) is 0 Å². The summed E-state index contributed by atoms with van der Waals surface area (Å²) < 4.78 is 124. The molecule has 5 nitrogen and oxygen atoms in total. The number of para-hydroxylation sites is 4. The molecular weight excluding hydrogens is 781 g/mol. The molecule has 0 fully saturated rings. The smallest absolute Gasteiger partial charge is 0.269 e. The number of rotatable bonds is 8. The number of aryl methyl sites for hydroxylation is 1. The fourth-order valence-electron chi connectivity index (χ4n) is 8.41. The molecule has 0 saturated heterocycles. The van der Waals surface area contributed by atoms with Gasteiger partial charge in [0.1, 0.15) is 17.3 Å². The summed E-state index contributed by atoms with van der Waals surface area (Å²) in [6, 6.07) is 38.7. The summed E-state index contributed by atoms with van der Waals surface area (Å²) in [6.45, 7) is 3.64. The molecule has 0 bridgehead atoms. The maximum Gasteiger partial charge on any atom is 0.269 e. The normalized spacial score (nSPS) is 14.8. The van der Waals surface area contributed by atoms with E-state index in [1.54, 1.807) is 6.07 Å². The molecule has 11 aromatic rings. The highest BCUT2D eigenvalue weighted by molar-refractivity contribution is 6.09. The molecule has 0 aliphatic carbocycles. The molecule has 11 rings (SSSR count). The second kappa shape index (κ2) is 15.7. The quantitative estimate of drug-likeness (QED) is 0.113. The van der Waals surface area contributed by atoms with E-state index in [2.05, 4.69) is 39.2 Å². The minimum Gasteiger partial charge on any atom is -0.458 e. The number of imidazole rings is 1. The molecule has 0 radical (unpaired) electrons. The summed E-state index contributed by atoms with van der Waals surface area (Å²) in [5.74, 6) is 1.13. The van der Waals surface area contributed by atoms with Crippen molar-refractivity contribution >= 4 is 32.8 Å². The third-order valence-electron chi connectivity index (χ3n) is 11.5. The van der Waals surface area contributed by atoms with Crippen molar-refractivity contribution in [3.8, 4) is 62.1 Å². The van der Waals surface area contributed by atoms with Gasteiger partial charge in [-0.05, 0) is 93.7 Å². The Morgan fingerprint density at radius 2 is 1.27 bits per heavy atom. The van der Waals surface area contributed by atoms with Crippen LogP contribution in [0.4, 0.5) is 0 Å². The third kappa shape index (κ3) is 6.92. The zero-order valence-electron chi connectivity index (χ0n) is 48.1. The van der Waals surface area contributed by atoms with Crippen LogP contribution in [0.25, 0.3) is 83.4 Å². The van der Waals surface area contributed by atoms with Crippen LogP contribution in [-0.4, -0.2) is 14.1 Å². The lowest BCUT2D eigenvalue weighted by Crippen LogP contribution is -2.31. The number of benzene rings is 8. The van der Waals surface area contributed by atoms with Crippen LogP contribution >= 0.6 is 0 Å². The standard InChI is InChI=1S/C59H46N4O/c1-40-34-57(60-38-52(40)42-20-9-6-10-21-42)63-53-29-12-11-26-50(53)51-33-32-47(37-56(51)63)64-46-25-16-24-45(36-46)61-39-62(55-31-14-13-30-54(55)61)58-48(41-18-7-5-8-19-41)27-17-28-49(58)43-22-15-23-44(35-43)59(2,3)4/h5-38H,1-4H3/i1D3,5D,6D,7D,8D,9D,10D,18D,19D,20D,21D. The maximum atomic E-state index is 9.11. The van der Waals surface area contributed by atoms with Crippen molar-refractivity contribution < 1.29 is 27.1 Å². The number of fused-ring (bicyclic) bond motifs is 4. The van der Waals surface area contributed by atoms with Gasteiger partial charge in [-0.2, -0.15) is 0 Å². The summed E-state index contributed by atoms with van der Waals surface area (Å²) in [5.41, 5.74) is 6.45. The van der Waals surface area contributed by atoms with Crippen molar-refractivity contribution in [2.45, 2.75) is 33.0 Å². The van der Waals surface area contributed by atoms with Crippen LogP contribution in [0, 0.1) is 13.2 Å². The first-order valence-corrected chi connectivity index (χ1v) is 20.8. The van der Waals surface area contributed by atoms with Gasteiger partial charge in [0.05, 0.1) is 47.1 Å². The first kappa shape index (κ1) is 27.1. The molecule has 0 N–H and O–H groups in total. The number of hydrogen-bond donors (Lipinski definition) is 0. The van der Waals surface area contributed by atoms with Crippen LogP contribution in [0.1, 0.15) is 49.7 Å². The van der Waals surface area contributed by atoms with Crippen LogP contribution < -0.4 is 9.30 Å². The van der Waals surface area contributed by atoms with E-state index >= 15 is 0 Å². The van der Waals surface area contributed by atoms with E-state index in [1.165, 1.54) is 12.3 Å². The van der Waals surface area contributed by atoms with Crippen LogP contribution in [-0.2, 0) is 5.41 Å². The maximum absolute atomic E-state index is 9.11. The fraction of sp³-hybridized carbons (Fsp3) is 0.0847. The van der Waals surface area contributed by atoms with Gasteiger partial charge in [-0.1, -0.05) is 172 Å². The average molecular weight is 840 g/mol. The van der Waals surface area contributed by atoms with Crippen molar-refractivity contribution in [1.82, 2.24) is 14.1 Å². The Bertz CT molecular complexity index is 4190. The Kier molecular flexibility index (Phi) is 6.66. The number of aromatic nitrogens is 4. The molecule has 3 heterocycles. The van der Waals surface area contributed by atoms with Crippen LogP contribution in [0.5, 0.6) is 11.5 Å². The Balaban J connectivity index is 1.04. The average Bonchev–Trinajstić information content (AvgIpc) is 4.11. The molecule has 3 aromatic heterocycles. The summed E-state index contributed by atoms with van der Waals surface area (Å²) in [7, 11) is 0. The predicted octanol–water partition coefficient (Wildman–Crippen LogP) is 14.6. The number of ether oxygens (including phenoxy) is 1. The van der Waals surface area contributed by atoms with Gasteiger partial charge in [-0.25, -0.2) is 4.98 Å². The van der Waals surface area contributed by atoms with Gasteiger partial charge < -0.3 is 4.74 Å². The molecule has 5 heteroatoms. The molecule has 0 aliphatic rings. The van der Waals surface area contributed by atoms with Crippen molar-refractivity contribution in [2.24, 2.45) is 0 Å². The number of hydrogen-bond acceptors (Lipinski definition) is 2. The van der Waals surface area contributed by atoms with Crippen molar-refractivity contribution in [1.29, 1.82) is 0 Å². The van der Waals surface area contributed by atoms with Gasteiger partial charge >= 0.3 is 0 Å². The van der Waals surface area contributed by atoms with E-state index in [9.17, 15) is 0 Å². The Morgan fingerprint density at radius 3 is 2.05 bits per heavy atom. The van der Waals surface area contributed by atoms with Gasteiger partial charge in [-0.3, -0.25) is 13.7 Å². The zero-order valence-corrected chi connectivity index (χ0v) is 35.1. The molecule has 0 aliphatic heterocycles. The van der Waals surface area contributed by atoms with E-state index in [0.717, 1.165) is 38.5 Å². The lowest BCUT2D eigenvalue weighted by atomic mass is 9.85. The molecule has 0 amide bonds. The lowest BCUT2D eigenvalue weighted by Gasteiger charge is -2.21. The van der Waals surface area contributed by atoms with E-state index in [-0.39, 0.29) is 45.6 Å². The lowest BCUT2D eigenvalue weighted by molar-refractivity contribution is -0.571. The van der Waals surface area contributed by atoms with Crippen molar-refractivity contribution in [2.75, 3.05) is 0 Å². The van der Waals surface area contributed by atoms with Crippen molar-refractivity contribution in [3.63, 3.8) is 0 Å². The highest BCUT2D eigenvalue weighted by atomic mass is 16.5. The fourth-order valence-corrected chi connectivity index (χ4v) is 8.41. The largest absolute Gasteiger partial charge is 0.458 e. The molecule has 308 valence electrons. The number of pyridine rings is 1. The van der Waals surface area contributed by atoms with E-state index < -0.39 is 55.2 Å². The summed E-state index contributed by atoms with van der Waals surface area (Å²) in [6.07, 6.45) is 4.85.